The summed E-state index contributed by atoms with van der Waals surface area (Å²) in [6.45, 7) is 5.52. The van der Waals surface area contributed by atoms with E-state index in [1.54, 1.807) is 13.2 Å². The maximum absolute atomic E-state index is 9.58. The molecule has 3 unspecified atom stereocenters. The first kappa shape index (κ1) is 14.2. The van der Waals surface area contributed by atoms with E-state index in [2.05, 4.69) is 19.2 Å². The molecular weight excluding hydrogens is 238 g/mol. The Morgan fingerprint density at radius 2 is 2.11 bits per heavy atom. The zero-order chi connectivity index (χ0) is 13.8. The molecule has 1 aliphatic rings. The van der Waals surface area contributed by atoms with Crippen LogP contribution in [0.2, 0.25) is 0 Å². The summed E-state index contributed by atoms with van der Waals surface area (Å²) in [5.41, 5.74) is 1.15. The molecule has 106 valence electrons. The van der Waals surface area contributed by atoms with Crippen LogP contribution in [0.3, 0.4) is 0 Å². The van der Waals surface area contributed by atoms with Gasteiger partial charge in [0.1, 0.15) is 0 Å². The molecule has 0 heterocycles. The number of rotatable bonds is 4. The molecule has 1 fully saturated rings. The van der Waals surface area contributed by atoms with Gasteiger partial charge in [0.2, 0.25) is 0 Å². The first-order valence-electron chi connectivity index (χ1n) is 7.19. The number of aromatic hydroxyl groups is 1. The van der Waals surface area contributed by atoms with Crippen LogP contribution in [0.4, 0.5) is 0 Å². The second-order valence-corrected chi connectivity index (χ2v) is 5.89. The van der Waals surface area contributed by atoms with Gasteiger partial charge in [-0.15, -0.1) is 0 Å². The van der Waals surface area contributed by atoms with Crippen LogP contribution >= 0.6 is 0 Å². The van der Waals surface area contributed by atoms with E-state index in [9.17, 15) is 5.11 Å². The third-order valence-corrected chi connectivity index (χ3v) is 4.24. The van der Waals surface area contributed by atoms with Gasteiger partial charge in [0.25, 0.3) is 0 Å². The van der Waals surface area contributed by atoms with Crippen molar-refractivity contribution < 1.29 is 9.84 Å². The quantitative estimate of drug-likeness (QED) is 0.875. The summed E-state index contributed by atoms with van der Waals surface area (Å²) in [6, 6.07) is 6.15. The molecule has 1 aromatic carbocycles. The van der Waals surface area contributed by atoms with Crippen LogP contribution in [0.5, 0.6) is 11.5 Å². The van der Waals surface area contributed by atoms with Crippen molar-refractivity contribution in [2.75, 3.05) is 7.11 Å². The van der Waals surface area contributed by atoms with Gasteiger partial charge in [0.05, 0.1) is 7.11 Å². The van der Waals surface area contributed by atoms with Crippen LogP contribution in [-0.2, 0) is 6.54 Å². The van der Waals surface area contributed by atoms with Gasteiger partial charge in [-0.3, -0.25) is 0 Å². The van der Waals surface area contributed by atoms with Gasteiger partial charge in [-0.25, -0.2) is 0 Å². The van der Waals surface area contributed by atoms with Crippen molar-refractivity contribution in [3.8, 4) is 11.5 Å². The Balaban J connectivity index is 1.91. The first-order chi connectivity index (χ1) is 9.10. The fourth-order valence-electron chi connectivity index (χ4n) is 3.05. The zero-order valence-electron chi connectivity index (χ0n) is 12.1. The van der Waals surface area contributed by atoms with Crippen molar-refractivity contribution in [1.82, 2.24) is 5.32 Å². The van der Waals surface area contributed by atoms with Crippen LogP contribution in [-0.4, -0.2) is 18.3 Å². The molecule has 0 saturated heterocycles. The number of ether oxygens (including phenoxy) is 1. The maximum Gasteiger partial charge on any atom is 0.160 e. The molecule has 19 heavy (non-hydrogen) atoms. The average molecular weight is 263 g/mol. The van der Waals surface area contributed by atoms with Gasteiger partial charge in [0.15, 0.2) is 11.5 Å². The van der Waals surface area contributed by atoms with E-state index in [1.807, 2.05) is 12.1 Å². The summed E-state index contributed by atoms with van der Waals surface area (Å²) in [5, 5.41) is 13.2. The van der Waals surface area contributed by atoms with E-state index in [0.29, 0.717) is 11.8 Å². The van der Waals surface area contributed by atoms with Gasteiger partial charge in [-0.05, 0) is 48.8 Å². The summed E-state index contributed by atoms with van der Waals surface area (Å²) < 4.78 is 5.13. The Morgan fingerprint density at radius 1 is 1.32 bits per heavy atom. The molecule has 0 aliphatic heterocycles. The van der Waals surface area contributed by atoms with Crippen molar-refractivity contribution in [3.63, 3.8) is 0 Å². The van der Waals surface area contributed by atoms with Crippen molar-refractivity contribution in [2.24, 2.45) is 11.8 Å². The first-order valence-corrected chi connectivity index (χ1v) is 7.19. The van der Waals surface area contributed by atoms with E-state index in [-0.39, 0.29) is 5.75 Å². The summed E-state index contributed by atoms with van der Waals surface area (Å²) in [4.78, 5) is 0. The Labute approximate surface area is 116 Å². The van der Waals surface area contributed by atoms with Crippen molar-refractivity contribution in [3.05, 3.63) is 23.8 Å². The topological polar surface area (TPSA) is 41.5 Å². The molecule has 0 bridgehead atoms. The van der Waals surface area contributed by atoms with Crippen LogP contribution in [0, 0.1) is 11.8 Å². The molecule has 1 aliphatic carbocycles. The van der Waals surface area contributed by atoms with E-state index < -0.39 is 0 Å². The number of methoxy groups -OCH3 is 1. The summed E-state index contributed by atoms with van der Waals surface area (Å²) >= 11 is 0. The molecule has 3 heteroatoms. The van der Waals surface area contributed by atoms with E-state index in [0.717, 1.165) is 23.9 Å². The highest BCUT2D eigenvalue weighted by atomic mass is 16.5. The fraction of sp³-hybridized carbons (Fsp3) is 0.625. The lowest BCUT2D eigenvalue weighted by atomic mass is 9.80. The van der Waals surface area contributed by atoms with Crippen LogP contribution in [0.15, 0.2) is 18.2 Å². The Bertz CT molecular complexity index is 419. The average Bonchev–Trinajstić information content (AvgIpc) is 2.39. The number of hydrogen-bond acceptors (Lipinski definition) is 3. The van der Waals surface area contributed by atoms with Crippen LogP contribution in [0.25, 0.3) is 0 Å². The zero-order valence-corrected chi connectivity index (χ0v) is 12.1. The predicted molar refractivity (Wildman–Crippen MR) is 77.5 cm³/mol. The summed E-state index contributed by atoms with van der Waals surface area (Å²) in [6.07, 6.45) is 3.90. The normalized spacial score (nSPS) is 27.2. The molecule has 2 rings (SSSR count). The van der Waals surface area contributed by atoms with Crippen molar-refractivity contribution >= 4 is 0 Å². The Kier molecular flexibility index (Phi) is 4.70. The van der Waals surface area contributed by atoms with Gasteiger partial charge in [-0.2, -0.15) is 0 Å². The number of nitrogens with one attached hydrogen (secondary N) is 1. The van der Waals surface area contributed by atoms with Crippen LogP contribution in [0.1, 0.15) is 38.7 Å². The number of benzene rings is 1. The fourth-order valence-corrected chi connectivity index (χ4v) is 3.05. The highest BCUT2D eigenvalue weighted by molar-refractivity contribution is 5.41. The van der Waals surface area contributed by atoms with Gasteiger partial charge >= 0.3 is 0 Å². The SMILES string of the molecule is COc1cc(CNC2CCC(C)CC2C)ccc1O. The van der Waals surface area contributed by atoms with Gasteiger partial charge < -0.3 is 15.2 Å². The second kappa shape index (κ2) is 6.29. The minimum absolute atomic E-state index is 0.200. The van der Waals surface area contributed by atoms with E-state index in [4.69, 9.17) is 4.74 Å². The number of phenols is 1. The van der Waals surface area contributed by atoms with Gasteiger partial charge in [-0.1, -0.05) is 19.9 Å². The highest BCUT2D eigenvalue weighted by Gasteiger charge is 2.24. The molecule has 1 saturated carbocycles. The Hall–Kier alpha value is -1.22. The van der Waals surface area contributed by atoms with Crippen molar-refractivity contribution in [1.29, 1.82) is 0 Å². The summed E-state index contributed by atoms with van der Waals surface area (Å²) in [5.74, 6) is 2.35. The van der Waals surface area contributed by atoms with Crippen molar-refractivity contribution in [2.45, 2.75) is 45.7 Å². The lowest BCUT2D eigenvalue weighted by molar-refractivity contribution is 0.227. The summed E-state index contributed by atoms with van der Waals surface area (Å²) in [7, 11) is 1.58. The molecule has 0 radical (unpaired) electrons. The molecular formula is C16H25NO2. The molecule has 0 spiro atoms. The molecule has 3 atom stereocenters. The number of phenolic OH excluding ortho intramolecular Hbond substituents is 1. The third kappa shape index (κ3) is 3.63. The van der Waals surface area contributed by atoms with Crippen LogP contribution < -0.4 is 10.1 Å². The molecule has 2 N–H and O–H groups in total. The second-order valence-electron chi connectivity index (χ2n) is 5.89. The lowest BCUT2D eigenvalue weighted by Crippen LogP contribution is -2.38. The van der Waals surface area contributed by atoms with E-state index in [1.165, 1.54) is 19.3 Å². The minimum atomic E-state index is 0.200. The maximum atomic E-state index is 9.58. The molecule has 1 aromatic rings. The predicted octanol–water partition coefficient (Wildman–Crippen LogP) is 3.32. The number of hydrogen-bond donors (Lipinski definition) is 2. The molecule has 0 aromatic heterocycles. The largest absolute Gasteiger partial charge is 0.504 e. The van der Waals surface area contributed by atoms with E-state index >= 15 is 0 Å². The molecule has 0 amide bonds. The third-order valence-electron chi connectivity index (χ3n) is 4.24. The smallest absolute Gasteiger partial charge is 0.160 e. The highest BCUT2D eigenvalue weighted by Crippen LogP contribution is 2.29. The minimum Gasteiger partial charge on any atom is -0.504 e. The molecule has 3 nitrogen and oxygen atoms in total. The standard InChI is InChI=1S/C16H25NO2/c1-11-4-6-14(12(2)8-11)17-10-13-5-7-15(18)16(9-13)19-3/h5,7,9,11-12,14,17-18H,4,6,8,10H2,1-3H3. The Morgan fingerprint density at radius 3 is 2.79 bits per heavy atom. The van der Waals surface area contributed by atoms with Gasteiger partial charge in [0, 0.05) is 12.6 Å². The monoisotopic (exact) mass is 263 g/mol. The lowest BCUT2D eigenvalue weighted by Gasteiger charge is -2.33.